The zero-order valence-electron chi connectivity index (χ0n) is 16.6. The molecule has 0 spiro atoms. The Morgan fingerprint density at radius 3 is 2.62 bits per heavy atom. The lowest BCUT2D eigenvalue weighted by atomic mass is 9.89. The third kappa shape index (κ3) is 8.50. The van der Waals surface area contributed by atoms with Gasteiger partial charge in [-0.15, -0.1) is 11.3 Å². The summed E-state index contributed by atoms with van der Waals surface area (Å²) in [6.45, 7) is -0.212. The Labute approximate surface area is 182 Å². The van der Waals surface area contributed by atoms with E-state index in [0.717, 1.165) is 28.5 Å². The van der Waals surface area contributed by atoms with Gasteiger partial charge in [0.05, 0.1) is 35.4 Å². The van der Waals surface area contributed by atoms with Crippen LogP contribution < -0.4 is 0 Å². The summed E-state index contributed by atoms with van der Waals surface area (Å²) in [5, 5.41) is 49.0. The van der Waals surface area contributed by atoms with Gasteiger partial charge in [0, 0.05) is 17.2 Å². The topological polar surface area (TPSA) is 101 Å². The van der Waals surface area contributed by atoms with Crippen molar-refractivity contribution >= 4 is 22.9 Å². The van der Waals surface area contributed by atoms with Crippen LogP contribution >= 0.6 is 22.9 Å². The first-order valence-electron chi connectivity index (χ1n) is 10.3. The van der Waals surface area contributed by atoms with E-state index in [1.165, 1.54) is 11.3 Å². The summed E-state index contributed by atoms with van der Waals surface area (Å²) in [6.07, 6.45) is 9.66. The number of unbranched alkanes of at least 4 members (excludes halogenated alkanes) is 1. The van der Waals surface area contributed by atoms with Crippen LogP contribution in [0.1, 0.15) is 43.4 Å². The van der Waals surface area contributed by atoms with E-state index in [4.69, 9.17) is 16.7 Å². The lowest BCUT2D eigenvalue weighted by Crippen LogP contribution is -2.20. The van der Waals surface area contributed by atoms with Crippen molar-refractivity contribution in [3.63, 3.8) is 0 Å². The minimum Gasteiger partial charge on any atom is -0.394 e. The molecule has 0 radical (unpaired) electrons. The molecule has 29 heavy (non-hydrogen) atoms. The van der Waals surface area contributed by atoms with E-state index in [9.17, 15) is 20.4 Å². The number of allylic oxidation sites excluding steroid dienone is 2. The van der Waals surface area contributed by atoms with E-state index < -0.39 is 24.4 Å². The van der Waals surface area contributed by atoms with E-state index >= 15 is 0 Å². The molecular weight excluding hydrogens is 412 g/mol. The van der Waals surface area contributed by atoms with Crippen LogP contribution in [0.5, 0.6) is 0 Å². The van der Waals surface area contributed by atoms with Crippen LogP contribution in [0.2, 0.25) is 4.34 Å². The van der Waals surface area contributed by atoms with Crippen LogP contribution in [-0.2, 0) is 6.42 Å². The van der Waals surface area contributed by atoms with Gasteiger partial charge >= 0.3 is 0 Å². The lowest BCUT2D eigenvalue weighted by Gasteiger charge is -2.19. The third-order valence-electron chi connectivity index (χ3n) is 5.48. The van der Waals surface area contributed by atoms with Crippen molar-refractivity contribution < 1.29 is 25.5 Å². The van der Waals surface area contributed by atoms with E-state index in [1.54, 1.807) is 6.08 Å². The van der Waals surface area contributed by atoms with Gasteiger partial charge in [-0.1, -0.05) is 35.9 Å². The third-order valence-corrected chi connectivity index (χ3v) is 6.77. The van der Waals surface area contributed by atoms with Crippen LogP contribution in [0.25, 0.3) is 0 Å². The van der Waals surface area contributed by atoms with E-state index in [2.05, 4.69) is 0 Å². The molecule has 0 aromatic carbocycles. The lowest BCUT2D eigenvalue weighted by molar-refractivity contribution is 0.0868. The summed E-state index contributed by atoms with van der Waals surface area (Å²) in [5.74, 6) is -0.263. The summed E-state index contributed by atoms with van der Waals surface area (Å²) >= 11 is 7.44. The van der Waals surface area contributed by atoms with Gasteiger partial charge < -0.3 is 25.5 Å². The second-order valence-electron chi connectivity index (χ2n) is 7.78. The molecule has 7 heteroatoms. The molecule has 164 valence electrons. The van der Waals surface area contributed by atoms with Crippen LogP contribution in [0.4, 0.5) is 0 Å². The second-order valence-corrected chi connectivity index (χ2v) is 9.58. The first-order chi connectivity index (χ1) is 13.9. The van der Waals surface area contributed by atoms with Gasteiger partial charge in [-0.25, -0.2) is 0 Å². The minimum atomic E-state index is -0.659. The van der Waals surface area contributed by atoms with E-state index in [0.29, 0.717) is 25.7 Å². The largest absolute Gasteiger partial charge is 0.394 e. The molecule has 1 aliphatic carbocycles. The quantitative estimate of drug-likeness (QED) is 0.252. The molecule has 0 bridgehead atoms. The SMILES string of the molecule is OCC(O)CCC/C=C\C[C@@H]1[C@@H](/C=C/[C@H](O)CCc2ccc(Cl)s2)[C@H](O)C[C@@H]1O. The Morgan fingerprint density at radius 1 is 1.14 bits per heavy atom. The maximum absolute atomic E-state index is 10.3. The number of aliphatic hydroxyl groups is 5. The molecule has 1 saturated carbocycles. The number of aliphatic hydroxyl groups excluding tert-OH is 5. The highest BCUT2D eigenvalue weighted by Crippen LogP contribution is 2.36. The Kier molecular flexibility index (Phi) is 10.9. The van der Waals surface area contributed by atoms with Crippen LogP contribution in [0.15, 0.2) is 36.4 Å². The molecule has 1 fully saturated rings. The molecule has 6 atom stereocenters. The number of hydrogen-bond donors (Lipinski definition) is 5. The zero-order valence-corrected chi connectivity index (χ0v) is 18.2. The number of hydrogen-bond acceptors (Lipinski definition) is 6. The standard InChI is InChI=1S/C22H33ClO5S/c23-22-12-10-17(29-22)9-7-15(25)8-11-19-18(20(27)13-21(19)28)6-4-2-1-3-5-16(26)14-24/h2,4,8,10-12,15-16,18-21,24-28H,1,3,5-7,9,13-14H2/b4-2-,11-8+/t15-,16?,18-,19-,20+,21-/m1/s1. The first kappa shape index (κ1) is 24.5. The van der Waals surface area contributed by atoms with Gasteiger partial charge in [0.25, 0.3) is 0 Å². The van der Waals surface area contributed by atoms with Gasteiger partial charge in [0.1, 0.15) is 0 Å². The van der Waals surface area contributed by atoms with Crippen LogP contribution in [0.3, 0.4) is 0 Å². The summed E-state index contributed by atoms with van der Waals surface area (Å²) in [6, 6.07) is 3.82. The first-order valence-corrected chi connectivity index (χ1v) is 11.5. The molecule has 5 nitrogen and oxygen atoms in total. The highest BCUT2D eigenvalue weighted by atomic mass is 35.5. The van der Waals surface area contributed by atoms with Crippen LogP contribution in [0, 0.1) is 11.8 Å². The Morgan fingerprint density at radius 2 is 1.93 bits per heavy atom. The smallest absolute Gasteiger partial charge is 0.0931 e. The van der Waals surface area contributed by atoms with Crippen molar-refractivity contribution in [2.75, 3.05) is 6.61 Å². The summed E-state index contributed by atoms with van der Waals surface area (Å²) in [4.78, 5) is 1.13. The summed E-state index contributed by atoms with van der Waals surface area (Å²) in [5.41, 5.74) is 0. The molecule has 1 heterocycles. The van der Waals surface area contributed by atoms with E-state index in [1.807, 2.05) is 30.4 Å². The normalized spacial score (nSPS) is 27.2. The summed E-state index contributed by atoms with van der Waals surface area (Å²) < 4.78 is 0.744. The second kappa shape index (κ2) is 12.8. The van der Waals surface area contributed by atoms with Gasteiger partial charge in [0.15, 0.2) is 0 Å². The zero-order chi connectivity index (χ0) is 21.2. The predicted octanol–water partition coefficient (Wildman–Crippen LogP) is 3.08. The molecule has 1 aromatic heterocycles. The predicted molar refractivity (Wildman–Crippen MR) is 117 cm³/mol. The van der Waals surface area contributed by atoms with Gasteiger partial charge in [-0.05, 0) is 56.6 Å². The average Bonchev–Trinajstić information content (AvgIpc) is 3.23. The minimum absolute atomic E-state index is 0.0798. The van der Waals surface area contributed by atoms with Crippen LogP contribution in [-0.4, -0.2) is 56.6 Å². The van der Waals surface area contributed by atoms with Crippen molar-refractivity contribution in [1.82, 2.24) is 0 Å². The fourth-order valence-corrected chi connectivity index (χ4v) is 4.87. The monoisotopic (exact) mass is 444 g/mol. The molecule has 0 aliphatic heterocycles. The maximum atomic E-state index is 10.3. The molecule has 0 saturated heterocycles. The van der Waals surface area contributed by atoms with Crippen molar-refractivity contribution in [3.8, 4) is 0 Å². The number of thiophene rings is 1. The molecule has 1 aliphatic rings. The molecule has 1 unspecified atom stereocenters. The van der Waals surface area contributed by atoms with Gasteiger partial charge in [-0.3, -0.25) is 0 Å². The number of aryl methyl sites for hydroxylation is 1. The number of rotatable bonds is 12. The van der Waals surface area contributed by atoms with E-state index in [-0.39, 0.29) is 18.4 Å². The fraction of sp³-hybridized carbons (Fsp3) is 0.636. The summed E-state index contributed by atoms with van der Waals surface area (Å²) in [7, 11) is 0. The van der Waals surface area contributed by atoms with Crippen molar-refractivity contribution in [2.45, 2.75) is 69.4 Å². The average molecular weight is 445 g/mol. The highest BCUT2D eigenvalue weighted by Gasteiger charge is 2.39. The Hall–Kier alpha value is -0.730. The maximum Gasteiger partial charge on any atom is 0.0931 e. The van der Waals surface area contributed by atoms with Crippen molar-refractivity contribution in [3.05, 3.63) is 45.7 Å². The Balaban J connectivity index is 1.79. The van der Waals surface area contributed by atoms with Gasteiger partial charge in [0.2, 0.25) is 0 Å². The molecular formula is C22H33ClO5S. The van der Waals surface area contributed by atoms with Gasteiger partial charge in [-0.2, -0.15) is 0 Å². The number of halogens is 1. The molecule has 1 aromatic rings. The Bertz CT molecular complexity index is 647. The molecule has 2 rings (SSSR count). The fourth-order valence-electron chi connectivity index (χ4n) is 3.77. The molecule has 0 amide bonds. The highest BCUT2D eigenvalue weighted by molar-refractivity contribution is 7.16. The van der Waals surface area contributed by atoms with Crippen molar-refractivity contribution in [1.29, 1.82) is 0 Å². The molecule has 5 N–H and O–H groups in total. The van der Waals surface area contributed by atoms with Crippen molar-refractivity contribution in [2.24, 2.45) is 11.8 Å².